The maximum atomic E-state index is 11.6. The number of carbonyl (C=O) groups is 3. The van der Waals surface area contributed by atoms with Crippen LogP contribution in [0.4, 0.5) is 0 Å². The van der Waals surface area contributed by atoms with Crippen molar-refractivity contribution in [3.8, 4) is 0 Å². The lowest BCUT2D eigenvalue weighted by molar-refractivity contribution is -0.138. The summed E-state index contributed by atoms with van der Waals surface area (Å²) in [6.07, 6.45) is 0.0577. The van der Waals surface area contributed by atoms with Gasteiger partial charge in [0, 0.05) is 5.75 Å². The average molecular weight is 246 g/mol. The normalized spacial score (nSPS) is 26.1. The minimum absolute atomic E-state index is 0.199. The van der Waals surface area contributed by atoms with Gasteiger partial charge in [-0.3, -0.25) is 14.9 Å². The number of carboxylic acids is 1. The van der Waals surface area contributed by atoms with Crippen LogP contribution in [0, 0.1) is 0 Å². The number of carboxylic acid groups (broad SMARTS) is 1. The van der Waals surface area contributed by atoms with E-state index in [2.05, 4.69) is 10.6 Å². The molecule has 0 aromatic rings. The summed E-state index contributed by atoms with van der Waals surface area (Å²) < 4.78 is 0. The predicted octanol–water partition coefficient (Wildman–Crippen LogP) is -0.804. The SMILES string of the molecule is CC1N[C@H](C(=O)N[C@H](C=O)CC(=O)O)CS1. The van der Waals surface area contributed by atoms with E-state index in [1.807, 2.05) is 6.92 Å². The summed E-state index contributed by atoms with van der Waals surface area (Å²) in [6, 6.07) is -1.30. The molecule has 3 N–H and O–H groups in total. The number of carbonyl (C=O) groups excluding carboxylic acids is 2. The van der Waals surface area contributed by atoms with Crippen LogP contribution in [0.1, 0.15) is 13.3 Å². The molecular weight excluding hydrogens is 232 g/mol. The third-order valence-electron chi connectivity index (χ3n) is 2.15. The summed E-state index contributed by atoms with van der Waals surface area (Å²) in [5.41, 5.74) is 0. The van der Waals surface area contributed by atoms with Crippen molar-refractivity contribution in [2.45, 2.75) is 30.8 Å². The minimum Gasteiger partial charge on any atom is -0.481 e. The highest BCUT2D eigenvalue weighted by Crippen LogP contribution is 2.17. The van der Waals surface area contributed by atoms with Crippen LogP contribution in [0.3, 0.4) is 0 Å². The van der Waals surface area contributed by atoms with Gasteiger partial charge in [-0.1, -0.05) is 0 Å². The first-order chi connectivity index (χ1) is 7.52. The average Bonchev–Trinajstić information content (AvgIpc) is 2.63. The van der Waals surface area contributed by atoms with Crippen molar-refractivity contribution in [3.63, 3.8) is 0 Å². The topological polar surface area (TPSA) is 95.5 Å². The van der Waals surface area contributed by atoms with Gasteiger partial charge in [0.05, 0.1) is 23.9 Å². The smallest absolute Gasteiger partial charge is 0.305 e. The van der Waals surface area contributed by atoms with Gasteiger partial charge in [-0.2, -0.15) is 0 Å². The van der Waals surface area contributed by atoms with Crippen molar-refractivity contribution in [1.82, 2.24) is 10.6 Å². The Labute approximate surface area is 97.2 Å². The van der Waals surface area contributed by atoms with Crippen molar-refractivity contribution in [1.29, 1.82) is 0 Å². The van der Waals surface area contributed by atoms with Crippen LogP contribution in [-0.4, -0.2) is 46.5 Å². The summed E-state index contributed by atoms with van der Waals surface area (Å²) in [5, 5.41) is 14.1. The van der Waals surface area contributed by atoms with E-state index in [9.17, 15) is 14.4 Å². The lowest BCUT2D eigenvalue weighted by atomic mass is 10.2. The Morgan fingerprint density at radius 2 is 2.38 bits per heavy atom. The van der Waals surface area contributed by atoms with E-state index in [4.69, 9.17) is 5.11 Å². The first-order valence-corrected chi connectivity index (χ1v) is 5.93. The van der Waals surface area contributed by atoms with Gasteiger partial charge in [-0.05, 0) is 6.92 Å². The predicted molar refractivity (Wildman–Crippen MR) is 59.1 cm³/mol. The molecule has 90 valence electrons. The molecule has 1 aliphatic rings. The fraction of sp³-hybridized carbons (Fsp3) is 0.667. The highest BCUT2D eigenvalue weighted by atomic mass is 32.2. The Morgan fingerprint density at radius 3 is 2.81 bits per heavy atom. The number of aldehydes is 1. The molecule has 0 spiro atoms. The van der Waals surface area contributed by atoms with E-state index in [0.717, 1.165) is 0 Å². The Morgan fingerprint density at radius 1 is 1.69 bits per heavy atom. The van der Waals surface area contributed by atoms with Gasteiger partial charge in [0.25, 0.3) is 0 Å². The summed E-state index contributed by atoms with van der Waals surface area (Å²) in [5.74, 6) is -0.805. The van der Waals surface area contributed by atoms with Gasteiger partial charge < -0.3 is 15.2 Å². The molecule has 1 fully saturated rings. The van der Waals surface area contributed by atoms with Crippen LogP contribution >= 0.6 is 11.8 Å². The Balaban J connectivity index is 2.42. The van der Waals surface area contributed by atoms with Crippen molar-refractivity contribution in [3.05, 3.63) is 0 Å². The molecular formula is C9H14N2O4S. The van der Waals surface area contributed by atoms with Gasteiger partial charge in [0.1, 0.15) is 6.29 Å². The van der Waals surface area contributed by atoms with Gasteiger partial charge >= 0.3 is 5.97 Å². The molecule has 1 heterocycles. The lowest BCUT2D eigenvalue weighted by Crippen LogP contribution is -2.48. The van der Waals surface area contributed by atoms with Gasteiger partial charge in [-0.25, -0.2) is 0 Å². The third kappa shape index (κ3) is 3.82. The van der Waals surface area contributed by atoms with Gasteiger partial charge in [0.15, 0.2) is 0 Å². The van der Waals surface area contributed by atoms with Crippen LogP contribution in [-0.2, 0) is 14.4 Å². The molecule has 0 bridgehead atoms. The second kappa shape index (κ2) is 5.86. The molecule has 0 aromatic carbocycles. The number of thioether (sulfide) groups is 1. The summed E-state index contributed by atoms with van der Waals surface area (Å²) in [6.45, 7) is 1.94. The molecule has 1 saturated heterocycles. The Hall–Kier alpha value is -1.08. The summed E-state index contributed by atoms with van der Waals surface area (Å²) in [7, 11) is 0. The van der Waals surface area contributed by atoms with E-state index in [0.29, 0.717) is 12.0 Å². The molecule has 1 amide bonds. The molecule has 0 aromatic heterocycles. The van der Waals surface area contributed by atoms with Crippen LogP contribution in [0.25, 0.3) is 0 Å². The molecule has 0 saturated carbocycles. The van der Waals surface area contributed by atoms with E-state index >= 15 is 0 Å². The third-order valence-corrected chi connectivity index (χ3v) is 3.31. The van der Waals surface area contributed by atoms with E-state index in [1.54, 1.807) is 11.8 Å². The molecule has 7 heteroatoms. The molecule has 16 heavy (non-hydrogen) atoms. The van der Waals surface area contributed by atoms with Crippen LogP contribution in [0.15, 0.2) is 0 Å². The van der Waals surface area contributed by atoms with Crippen LogP contribution in [0.5, 0.6) is 0 Å². The highest BCUT2D eigenvalue weighted by molar-refractivity contribution is 8.00. The first-order valence-electron chi connectivity index (χ1n) is 4.88. The second-order valence-electron chi connectivity index (χ2n) is 3.54. The second-order valence-corrected chi connectivity index (χ2v) is 4.92. The standard InChI is InChI=1S/C9H14N2O4S/c1-5-10-7(4-16-5)9(15)11-6(3-12)2-8(13)14/h3,5-7,10H,2,4H2,1H3,(H,11,15)(H,13,14)/t5?,6-,7-/m0/s1. The molecule has 0 aliphatic carbocycles. The van der Waals surface area contributed by atoms with Crippen molar-refractivity contribution < 1.29 is 19.5 Å². The van der Waals surface area contributed by atoms with Crippen molar-refractivity contribution in [2.24, 2.45) is 0 Å². The fourth-order valence-corrected chi connectivity index (χ4v) is 2.37. The number of nitrogens with one attached hydrogen (secondary N) is 2. The monoisotopic (exact) mass is 246 g/mol. The maximum Gasteiger partial charge on any atom is 0.305 e. The number of hydrogen-bond donors (Lipinski definition) is 3. The van der Waals surface area contributed by atoms with Crippen molar-refractivity contribution >= 4 is 29.9 Å². The molecule has 3 atom stereocenters. The van der Waals surface area contributed by atoms with E-state index in [-0.39, 0.29) is 23.7 Å². The number of aliphatic carboxylic acids is 1. The molecule has 0 radical (unpaired) electrons. The fourth-order valence-electron chi connectivity index (χ4n) is 1.38. The number of hydrogen-bond acceptors (Lipinski definition) is 5. The maximum absolute atomic E-state index is 11.6. The Bertz CT molecular complexity index is 297. The zero-order chi connectivity index (χ0) is 12.1. The Kier molecular flexibility index (Phi) is 4.75. The van der Waals surface area contributed by atoms with Gasteiger partial charge in [-0.15, -0.1) is 11.8 Å². The molecule has 6 nitrogen and oxygen atoms in total. The molecule has 1 aliphatic heterocycles. The van der Waals surface area contributed by atoms with Crippen LogP contribution in [0.2, 0.25) is 0 Å². The molecule has 1 unspecified atom stereocenters. The van der Waals surface area contributed by atoms with Crippen LogP contribution < -0.4 is 10.6 Å². The minimum atomic E-state index is -1.11. The highest BCUT2D eigenvalue weighted by Gasteiger charge is 2.28. The van der Waals surface area contributed by atoms with Crippen molar-refractivity contribution in [2.75, 3.05) is 5.75 Å². The van der Waals surface area contributed by atoms with E-state index < -0.39 is 12.0 Å². The van der Waals surface area contributed by atoms with Gasteiger partial charge in [0.2, 0.25) is 5.91 Å². The molecule has 1 rings (SSSR count). The number of rotatable bonds is 5. The largest absolute Gasteiger partial charge is 0.481 e. The number of amides is 1. The quantitative estimate of drug-likeness (QED) is 0.549. The summed E-state index contributed by atoms with van der Waals surface area (Å²) >= 11 is 1.61. The van der Waals surface area contributed by atoms with E-state index in [1.165, 1.54) is 0 Å². The zero-order valence-corrected chi connectivity index (χ0v) is 9.62. The lowest BCUT2D eigenvalue weighted by Gasteiger charge is -2.14. The first kappa shape index (κ1) is 13.0. The summed E-state index contributed by atoms with van der Waals surface area (Å²) in [4.78, 5) is 32.5. The zero-order valence-electron chi connectivity index (χ0n) is 8.80.